The van der Waals surface area contributed by atoms with Gasteiger partial charge in [0.25, 0.3) is 0 Å². The Balaban J connectivity index is 2.58. The largest absolute Gasteiger partial charge is 0.494 e. The maximum atomic E-state index is 13.6. The molecular weight excluding hydrogens is 269 g/mol. The van der Waals surface area contributed by atoms with Gasteiger partial charge in [-0.3, -0.25) is 0 Å². The highest BCUT2D eigenvalue weighted by molar-refractivity contribution is 5.79. The molecule has 0 aliphatic rings. The Hall–Kier alpha value is -1.78. The Kier molecular flexibility index (Phi) is 8.24. The molecule has 0 aromatic heterocycles. The number of nitrogens with zero attached hydrogens (tertiary/aromatic N) is 1. The first-order valence-electron chi connectivity index (χ1n) is 7.55. The topological polar surface area (TPSA) is 45.7 Å². The fourth-order valence-electron chi connectivity index (χ4n) is 1.90. The molecule has 1 rings (SSSR count). The summed E-state index contributed by atoms with van der Waals surface area (Å²) in [6.07, 6.45) is 3.52. The van der Waals surface area contributed by atoms with Crippen LogP contribution in [0.3, 0.4) is 0 Å². The van der Waals surface area contributed by atoms with E-state index in [-0.39, 0.29) is 11.6 Å². The van der Waals surface area contributed by atoms with Crippen molar-refractivity contribution in [2.24, 2.45) is 4.99 Å². The highest BCUT2D eigenvalue weighted by Gasteiger charge is 2.03. The Morgan fingerprint density at radius 1 is 1.24 bits per heavy atom. The van der Waals surface area contributed by atoms with Crippen molar-refractivity contribution in [1.29, 1.82) is 0 Å². The molecule has 0 saturated heterocycles. The summed E-state index contributed by atoms with van der Waals surface area (Å²) in [4.78, 5) is 4.46. The van der Waals surface area contributed by atoms with Crippen molar-refractivity contribution in [3.8, 4) is 5.75 Å². The van der Waals surface area contributed by atoms with E-state index in [4.69, 9.17) is 4.74 Å². The second-order valence-corrected chi connectivity index (χ2v) is 4.80. The van der Waals surface area contributed by atoms with E-state index in [9.17, 15) is 4.39 Å². The summed E-state index contributed by atoms with van der Waals surface area (Å²) in [5, 5.41) is 6.47. The number of hydrogen-bond donors (Lipinski definition) is 2. The fraction of sp³-hybridized carbons (Fsp3) is 0.562. The van der Waals surface area contributed by atoms with Gasteiger partial charge in [-0.15, -0.1) is 0 Å². The van der Waals surface area contributed by atoms with E-state index < -0.39 is 0 Å². The highest BCUT2D eigenvalue weighted by atomic mass is 19.1. The molecule has 1 aromatic rings. The summed E-state index contributed by atoms with van der Waals surface area (Å²) in [5.74, 6) is 0.670. The van der Waals surface area contributed by atoms with Crippen molar-refractivity contribution in [3.63, 3.8) is 0 Å². The van der Waals surface area contributed by atoms with E-state index in [0.717, 1.165) is 31.0 Å². The number of rotatable bonds is 8. The van der Waals surface area contributed by atoms with Crippen molar-refractivity contribution in [3.05, 3.63) is 29.6 Å². The Morgan fingerprint density at radius 2 is 2.05 bits per heavy atom. The number of nitrogens with one attached hydrogen (secondary N) is 2. The van der Waals surface area contributed by atoms with Gasteiger partial charge in [0.2, 0.25) is 0 Å². The highest BCUT2D eigenvalue weighted by Crippen LogP contribution is 2.17. The van der Waals surface area contributed by atoms with Gasteiger partial charge in [-0.25, -0.2) is 9.38 Å². The van der Waals surface area contributed by atoms with Crippen LogP contribution >= 0.6 is 0 Å². The lowest BCUT2D eigenvalue weighted by Crippen LogP contribution is -2.37. The lowest BCUT2D eigenvalue weighted by Gasteiger charge is -2.11. The van der Waals surface area contributed by atoms with Gasteiger partial charge >= 0.3 is 0 Å². The van der Waals surface area contributed by atoms with Gasteiger partial charge in [-0.05, 0) is 31.0 Å². The van der Waals surface area contributed by atoms with Crippen LogP contribution in [0.25, 0.3) is 0 Å². The standard InChI is InChI=1S/C16H26FN3O/c1-4-6-7-10-19-16(18-5-2)20-12-13-8-9-15(21-3)14(17)11-13/h8-9,11H,4-7,10,12H2,1-3H3,(H2,18,19,20). The molecule has 0 unspecified atom stereocenters. The smallest absolute Gasteiger partial charge is 0.191 e. The fourth-order valence-corrected chi connectivity index (χ4v) is 1.90. The molecule has 21 heavy (non-hydrogen) atoms. The zero-order valence-corrected chi connectivity index (χ0v) is 13.2. The van der Waals surface area contributed by atoms with Crippen molar-refractivity contribution in [2.45, 2.75) is 39.7 Å². The molecule has 0 aliphatic carbocycles. The van der Waals surface area contributed by atoms with E-state index in [1.54, 1.807) is 6.07 Å². The van der Waals surface area contributed by atoms with Crippen LogP contribution < -0.4 is 15.4 Å². The van der Waals surface area contributed by atoms with Gasteiger partial charge < -0.3 is 15.4 Å². The van der Waals surface area contributed by atoms with Crippen LogP contribution in [0.4, 0.5) is 4.39 Å². The maximum absolute atomic E-state index is 13.6. The number of hydrogen-bond acceptors (Lipinski definition) is 2. The number of guanidine groups is 1. The van der Waals surface area contributed by atoms with Crippen molar-refractivity contribution >= 4 is 5.96 Å². The molecule has 0 atom stereocenters. The van der Waals surface area contributed by atoms with E-state index >= 15 is 0 Å². The van der Waals surface area contributed by atoms with E-state index in [1.807, 2.05) is 13.0 Å². The molecule has 0 spiro atoms. The molecule has 0 amide bonds. The van der Waals surface area contributed by atoms with Crippen LogP contribution in [-0.2, 0) is 6.54 Å². The molecule has 4 nitrogen and oxygen atoms in total. The molecule has 0 aliphatic heterocycles. The third-order valence-electron chi connectivity index (χ3n) is 3.05. The normalized spacial score (nSPS) is 11.3. The summed E-state index contributed by atoms with van der Waals surface area (Å²) >= 11 is 0. The third kappa shape index (κ3) is 6.47. The Labute approximate surface area is 126 Å². The minimum absolute atomic E-state index is 0.257. The van der Waals surface area contributed by atoms with Crippen LogP contribution in [0, 0.1) is 5.82 Å². The van der Waals surface area contributed by atoms with E-state index in [1.165, 1.54) is 26.0 Å². The average Bonchev–Trinajstić information content (AvgIpc) is 2.49. The first-order chi connectivity index (χ1) is 10.2. The predicted molar refractivity (Wildman–Crippen MR) is 85.3 cm³/mol. The lowest BCUT2D eigenvalue weighted by molar-refractivity contribution is 0.386. The van der Waals surface area contributed by atoms with Gasteiger partial charge in [0.05, 0.1) is 13.7 Å². The van der Waals surface area contributed by atoms with Crippen LogP contribution in [0.2, 0.25) is 0 Å². The monoisotopic (exact) mass is 295 g/mol. The van der Waals surface area contributed by atoms with E-state index in [2.05, 4.69) is 22.5 Å². The number of aliphatic imine (C=N–C) groups is 1. The van der Waals surface area contributed by atoms with Crippen molar-refractivity contribution < 1.29 is 9.13 Å². The Morgan fingerprint density at radius 3 is 2.67 bits per heavy atom. The number of halogens is 1. The quantitative estimate of drug-likeness (QED) is 0.440. The van der Waals surface area contributed by atoms with Gasteiger partial charge in [0.15, 0.2) is 17.5 Å². The van der Waals surface area contributed by atoms with Gasteiger partial charge in [-0.2, -0.15) is 0 Å². The van der Waals surface area contributed by atoms with Crippen molar-refractivity contribution in [2.75, 3.05) is 20.2 Å². The zero-order valence-electron chi connectivity index (χ0n) is 13.2. The molecular formula is C16H26FN3O. The van der Waals surface area contributed by atoms with E-state index in [0.29, 0.717) is 6.54 Å². The first-order valence-corrected chi connectivity index (χ1v) is 7.55. The molecule has 0 radical (unpaired) electrons. The molecule has 0 fully saturated rings. The number of methoxy groups -OCH3 is 1. The summed E-state index contributed by atoms with van der Waals surface area (Å²) in [6.45, 7) is 6.34. The zero-order chi connectivity index (χ0) is 15.5. The SMILES string of the molecule is CCCCCNC(=NCc1ccc(OC)c(F)c1)NCC. The molecule has 118 valence electrons. The van der Waals surface area contributed by atoms with Gasteiger partial charge in [0.1, 0.15) is 0 Å². The van der Waals surface area contributed by atoms with Crippen LogP contribution in [-0.4, -0.2) is 26.2 Å². The molecule has 0 saturated carbocycles. The number of benzene rings is 1. The second-order valence-electron chi connectivity index (χ2n) is 4.80. The Bertz CT molecular complexity index is 449. The second kappa shape index (κ2) is 10.0. The first kappa shape index (κ1) is 17.3. The summed E-state index contributed by atoms with van der Waals surface area (Å²) < 4.78 is 18.5. The van der Waals surface area contributed by atoms with Crippen LogP contribution in [0.1, 0.15) is 38.7 Å². The summed E-state index contributed by atoms with van der Waals surface area (Å²) in [7, 11) is 1.46. The van der Waals surface area contributed by atoms with Crippen LogP contribution in [0.5, 0.6) is 5.75 Å². The number of ether oxygens (including phenoxy) is 1. The summed E-state index contributed by atoms with van der Waals surface area (Å²) in [5.41, 5.74) is 0.819. The third-order valence-corrected chi connectivity index (χ3v) is 3.05. The minimum atomic E-state index is -0.355. The van der Waals surface area contributed by atoms with Crippen molar-refractivity contribution in [1.82, 2.24) is 10.6 Å². The molecule has 2 N–H and O–H groups in total. The lowest BCUT2D eigenvalue weighted by atomic mass is 10.2. The maximum Gasteiger partial charge on any atom is 0.191 e. The predicted octanol–water partition coefficient (Wildman–Crippen LogP) is 3.08. The molecule has 1 aromatic carbocycles. The van der Waals surface area contributed by atoms with Gasteiger partial charge in [-0.1, -0.05) is 25.8 Å². The average molecular weight is 295 g/mol. The molecule has 0 bridgehead atoms. The molecule has 0 heterocycles. The van der Waals surface area contributed by atoms with Crippen LogP contribution in [0.15, 0.2) is 23.2 Å². The number of unbranched alkanes of at least 4 members (excludes halogenated alkanes) is 2. The molecule has 5 heteroatoms. The summed E-state index contributed by atoms with van der Waals surface area (Å²) in [6, 6.07) is 4.91. The van der Waals surface area contributed by atoms with Gasteiger partial charge in [0, 0.05) is 13.1 Å². The minimum Gasteiger partial charge on any atom is -0.494 e.